The zero-order valence-corrected chi connectivity index (χ0v) is 18.2. The highest BCUT2D eigenvalue weighted by atomic mass is 32.1. The molecular weight excluding hydrogens is 395 g/mol. The number of benzene rings is 2. The van der Waals surface area contributed by atoms with Crippen LogP contribution in [0.4, 0.5) is 4.39 Å². The van der Waals surface area contributed by atoms with Crippen LogP contribution in [0.5, 0.6) is 0 Å². The number of thiocarbonyl (C=S) groups is 1. The second-order valence-electron chi connectivity index (χ2n) is 8.26. The van der Waals surface area contributed by atoms with Crippen LogP contribution in [-0.4, -0.2) is 10.8 Å². The van der Waals surface area contributed by atoms with Gasteiger partial charge in [0, 0.05) is 24.2 Å². The number of ketones is 1. The largest absolute Gasteiger partial charge is 0.370 e. The monoisotopic (exact) mass is 421 g/mol. The van der Waals surface area contributed by atoms with Crippen molar-refractivity contribution in [2.75, 3.05) is 0 Å². The molecule has 1 heterocycles. The average Bonchev–Trinajstić information content (AvgIpc) is 2.73. The number of Topliss-reactive ketones (excluding diaryl/α,β-unsaturated/α-hetero) is 1. The lowest BCUT2D eigenvalue weighted by molar-refractivity contribution is -0.692. The summed E-state index contributed by atoms with van der Waals surface area (Å²) in [5.74, 6) is -0.566. The molecule has 154 valence electrons. The summed E-state index contributed by atoms with van der Waals surface area (Å²) in [4.78, 5) is 13.7. The minimum Gasteiger partial charge on any atom is -0.370 e. The van der Waals surface area contributed by atoms with Crippen LogP contribution in [0.15, 0.2) is 79.1 Å². The zero-order valence-electron chi connectivity index (χ0n) is 17.4. The maximum absolute atomic E-state index is 13.3. The first kappa shape index (κ1) is 21.8. The number of carbonyl (C=O) groups is 1. The number of carbonyl (C=O) groups excluding carboxylic acids is 1. The molecule has 3 rings (SSSR count). The van der Waals surface area contributed by atoms with Crippen molar-refractivity contribution in [1.29, 1.82) is 0 Å². The molecule has 0 aliphatic rings. The highest BCUT2D eigenvalue weighted by Gasteiger charge is 2.33. The van der Waals surface area contributed by atoms with Crippen LogP contribution in [0, 0.1) is 5.82 Å². The number of nitrogens with one attached hydrogen (secondary N) is 1. The van der Waals surface area contributed by atoms with Crippen molar-refractivity contribution in [2.24, 2.45) is 0 Å². The average molecular weight is 422 g/mol. The molecular formula is C25H26FN2OS+. The van der Waals surface area contributed by atoms with Crippen molar-refractivity contribution in [1.82, 2.24) is 5.32 Å². The van der Waals surface area contributed by atoms with Crippen molar-refractivity contribution in [3.63, 3.8) is 0 Å². The second kappa shape index (κ2) is 9.26. The fourth-order valence-electron chi connectivity index (χ4n) is 3.15. The minimum atomic E-state index is -0.719. The van der Waals surface area contributed by atoms with E-state index in [1.165, 1.54) is 24.3 Å². The van der Waals surface area contributed by atoms with Crippen LogP contribution in [-0.2, 0) is 12.0 Å². The molecule has 2 aromatic carbocycles. The third-order valence-corrected chi connectivity index (χ3v) is 5.32. The lowest BCUT2D eigenvalue weighted by Crippen LogP contribution is -2.51. The van der Waals surface area contributed by atoms with E-state index < -0.39 is 6.04 Å². The lowest BCUT2D eigenvalue weighted by Gasteiger charge is -2.19. The number of halogens is 1. The third-order valence-electron chi connectivity index (χ3n) is 4.95. The number of aromatic nitrogens is 1. The molecule has 1 atom stereocenters. The van der Waals surface area contributed by atoms with Crippen LogP contribution in [0.1, 0.15) is 48.3 Å². The van der Waals surface area contributed by atoms with E-state index in [0.717, 1.165) is 11.1 Å². The Kier molecular flexibility index (Phi) is 6.73. The second-order valence-corrected chi connectivity index (χ2v) is 8.70. The van der Waals surface area contributed by atoms with Gasteiger partial charge in [0.15, 0.2) is 17.4 Å². The molecule has 0 radical (unpaired) electrons. The molecule has 0 aliphatic heterocycles. The maximum Gasteiger partial charge on any atom is 0.270 e. The predicted octanol–water partition coefficient (Wildman–Crippen LogP) is 4.95. The van der Waals surface area contributed by atoms with E-state index in [9.17, 15) is 9.18 Å². The first-order chi connectivity index (χ1) is 14.3. The van der Waals surface area contributed by atoms with Gasteiger partial charge in [-0.3, -0.25) is 4.79 Å². The van der Waals surface area contributed by atoms with Gasteiger partial charge < -0.3 is 5.32 Å². The van der Waals surface area contributed by atoms with E-state index in [1.807, 2.05) is 54.9 Å². The maximum atomic E-state index is 13.3. The van der Waals surface area contributed by atoms with Gasteiger partial charge in [-0.15, -0.1) is 0 Å². The van der Waals surface area contributed by atoms with Gasteiger partial charge in [-0.05, 0) is 40.8 Å². The van der Waals surface area contributed by atoms with Crippen LogP contribution in [0.3, 0.4) is 0 Å². The molecule has 0 spiro atoms. The minimum absolute atomic E-state index is 0.00161. The molecule has 0 fully saturated rings. The van der Waals surface area contributed by atoms with Gasteiger partial charge in [0.1, 0.15) is 5.82 Å². The fraction of sp³-hybridized carbons (Fsp3) is 0.240. The van der Waals surface area contributed by atoms with E-state index >= 15 is 0 Å². The zero-order chi connectivity index (χ0) is 21.7. The molecule has 0 aliphatic carbocycles. The highest BCUT2D eigenvalue weighted by molar-refractivity contribution is 7.80. The molecule has 0 unspecified atom stereocenters. The molecule has 30 heavy (non-hydrogen) atoms. The Morgan fingerprint density at radius 2 is 1.60 bits per heavy atom. The number of rotatable bonds is 6. The Balaban J connectivity index is 1.90. The smallest absolute Gasteiger partial charge is 0.270 e. The summed E-state index contributed by atoms with van der Waals surface area (Å²) in [6.07, 6.45) is 3.76. The number of hydrogen-bond acceptors (Lipinski definition) is 2. The quantitative estimate of drug-likeness (QED) is 0.347. The molecule has 5 heteroatoms. The number of nitrogens with zero attached hydrogens (tertiary/aromatic N) is 1. The molecule has 0 saturated carbocycles. The van der Waals surface area contributed by atoms with Crippen molar-refractivity contribution in [3.8, 4) is 0 Å². The van der Waals surface area contributed by atoms with Gasteiger partial charge >= 0.3 is 0 Å². The van der Waals surface area contributed by atoms with Crippen LogP contribution in [0.2, 0.25) is 0 Å². The third kappa shape index (κ3) is 5.36. The van der Waals surface area contributed by atoms with E-state index in [4.69, 9.17) is 12.2 Å². The Hall–Kier alpha value is -2.92. The summed E-state index contributed by atoms with van der Waals surface area (Å²) in [7, 11) is 0. The molecule has 0 saturated heterocycles. The van der Waals surface area contributed by atoms with E-state index in [2.05, 4.69) is 26.1 Å². The molecule has 0 amide bonds. The Labute approximate surface area is 182 Å². The van der Waals surface area contributed by atoms with Crippen molar-refractivity contribution < 1.29 is 13.8 Å². The first-order valence-corrected chi connectivity index (χ1v) is 10.3. The first-order valence-electron chi connectivity index (χ1n) is 9.88. The molecule has 3 aromatic rings. The molecule has 1 N–H and O–H groups in total. The number of pyridine rings is 1. The van der Waals surface area contributed by atoms with Crippen molar-refractivity contribution in [3.05, 3.63) is 102 Å². The fourth-order valence-corrected chi connectivity index (χ4v) is 3.45. The van der Waals surface area contributed by atoms with Crippen molar-refractivity contribution >= 4 is 23.0 Å². The Bertz CT molecular complexity index is 1010. The van der Waals surface area contributed by atoms with Crippen LogP contribution < -0.4 is 9.88 Å². The normalized spacial score (nSPS) is 12.3. The lowest BCUT2D eigenvalue weighted by atomic mass is 9.88. The van der Waals surface area contributed by atoms with E-state index in [-0.39, 0.29) is 17.0 Å². The van der Waals surface area contributed by atoms with Crippen LogP contribution in [0.25, 0.3) is 0 Å². The summed E-state index contributed by atoms with van der Waals surface area (Å²) in [6, 6.07) is 18.7. The summed E-state index contributed by atoms with van der Waals surface area (Å²) in [6.45, 7) is 6.94. The Morgan fingerprint density at radius 1 is 1.00 bits per heavy atom. The van der Waals surface area contributed by atoms with Gasteiger partial charge in [0.05, 0.1) is 0 Å². The topological polar surface area (TPSA) is 33.0 Å². The summed E-state index contributed by atoms with van der Waals surface area (Å²) < 4.78 is 15.1. The summed E-state index contributed by atoms with van der Waals surface area (Å²) in [5.41, 5.74) is 2.65. The van der Waals surface area contributed by atoms with E-state index in [0.29, 0.717) is 17.1 Å². The molecule has 0 bridgehead atoms. The standard InChI is InChI=1S/C25H25FN2OS/c1-25(2,3)20-13-15-28(16-14-20)22(23(29)19-9-11-21(26)12-10-19)24(30)27-17-18-7-5-4-6-8-18/h4-16,22H,17H2,1-3H3/p+1/t22-/m1/s1. The molecule has 3 nitrogen and oxygen atoms in total. The summed E-state index contributed by atoms with van der Waals surface area (Å²) >= 11 is 5.64. The molecule has 1 aromatic heterocycles. The van der Waals surface area contributed by atoms with Crippen molar-refractivity contribution in [2.45, 2.75) is 38.8 Å². The van der Waals surface area contributed by atoms with Gasteiger partial charge in [0.2, 0.25) is 5.78 Å². The van der Waals surface area contributed by atoms with Gasteiger partial charge in [-0.1, -0.05) is 63.3 Å². The van der Waals surface area contributed by atoms with Crippen LogP contribution >= 0.6 is 12.2 Å². The number of hydrogen-bond donors (Lipinski definition) is 1. The van der Waals surface area contributed by atoms with Gasteiger partial charge in [-0.25, -0.2) is 4.39 Å². The van der Waals surface area contributed by atoms with E-state index in [1.54, 1.807) is 4.57 Å². The van der Waals surface area contributed by atoms with Gasteiger partial charge in [0.25, 0.3) is 6.04 Å². The predicted molar refractivity (Wildman–Crippen MR) is 121 cm³/mol. The SMILES string of the molecule is CC(C)(C)c1cc[n+]([C@H](C(=O)c2ccc(F)cc2)C(=S)NCc2ccccc2)cc1. The highest BCUT2D eigenvalue weighted by Crippen LogP contribution is 2.21. The summed E-state index contributed by atoms with van der Waals surface area (Å²) in [5, 5.41) is 3.22. The van der Waals surface area contributed by atoms with Gasteiger partial charge in [-0.2, -0.15) is 4.57 Å². The Morgan fingerprint density at radius 3 is 2.17 bits per heavy atom.